The van der Waals surface area contributed by atoms with Crippen LogP contribution in [0.4, 0.5) is 0 Å². The standard InChI is InChI=1S/C17H19ClN2O4S2/c1-20(10-17(11-23-17)14-3-2-4-15(18)19-14)26(21,22)16-6-5-12-9-25-8-7-13(12)24-16/h2-4,7-8,16H,5-6,9-11H2,1H3. The van der Waals surface area contributed by atoms with Crippen molar-refractivity contribution in [3.05, 3.63) is 51.9 Å². The topological polar surface area (TPSA) is 72.0 Å². The van der Waals surface area contributed by atoms with Gasteiger partial charge in [0.05, 0.1) is 18.8 Å². The molecule has 0 N–H and O–H groups in total. The highest BCUT2D eigenvalue weighted by atomic mass is 35.5. The first kappa shape index (κ1) is 18.3. The quantitative estimate of drug-likeness (QED) is 0.545. The fourth-order valence-corrected chi connectivity index (χ4v) is 5.59. The maximum absolute atomic E-state index is 13.0. The summed E-state index contributed by atoms with van der Waals surface area (Å²) in [5.41, 5.74) is 0.223. The second-order valence-electron chi connectivity index (χ2n) is 6.60. The van der Waals surface area contributed by atoms with Crippen LogP contribution in [0.15, 0.2) is 41.0 Å². The first-order chi connectivity index (χ1) is 12.4. The Labute approximate surface area is 162 Å². The number of nitrogens with zero attached hydrogens (tertiary/aromatic N) is 2. The number of hydrogen-bond donors (Lipinski definition) is 0. The summed E-state index contributed by atoms with van der Waals surface area (Å²) in [7, 11) is -2.07. The van der Waals surface area contributed by atoms with Gasteiger partial charge in [-0.15, -0.1) is 11.8 Å². The summed E-state index contributed by atoms with van der Waals surface area (Å²) in [6, 6.07) is 5.27. The molecule has 1 aromatic rings. The maximum Gasteiger partial charge on any atom is 0.252 e. The molecular weight excluding hydrogens is 396 g/mol. The van der Waals surface area contributed by atoms with Gasteiger partial charge in [0.2, 0.25) is 5.44 Å². The smallest absolute Gasteiger partial charge is 0.252 e. The normalized spacial score (nSPS) is 28.0. The summed E-state index contributed by atoms with van der Waals surface area (Å²) in [6.45, 7) is 0.598. The number of sulfonamides is 1. The lowest BCUT2D eigenvalue weighted by Crippen LogP contribution is -2.43. The average molecular weight is 415 g/mol. The van der Waals surface area contributed by atoms with E-state index in [9.17, 15) is 8.42 Å². The van der Waals surface area contributed by atoms with Crippen molar-refractivity contribution in [3.63, 3.8) is 0 Å². The molecule has 4 heterocycles. The van der Waals surface area contributed by atoms with Crippen molar-refractivity contribution in [2.45, 2.75) is 23.9 Å². The lowest BCUT2D eigenvalue weighted by atomic mass is 10.1. The Balaban J connectivity index is 1.50. The molecule has 0 amide bonds. The molecule has 0 bridgehead atoms. The summed E-state index contributed by atoms with van der Waals surface area (Å²) in [5, 5.41) is 2.30. The molecule has 0 saturated carbocycles. The van der Waals surface area contributed by atoms with Crippen LogP contribution in [0.25, 0.3) is 0 Å². The number of hydrogen-bond acceptors (Lipinski definition) is 6. The molecule has 3 aliphatic heterocycles. The average Bonchev–Trinajstić information content (AvgIpc) is 3.42. The van der Waals surface area contributed by atoms with E-state index >= 15 is 0 Å². The number of epoxide rings is 1. The van der Waals surface area contributed by atoms with Crippen molar-refractivity contribution in [2.24, 2.45) is 0 Å². The van der Waals surface area contributed by atoms with Crippen LogP contribution < -0.4 is 0 Å². The summed E-state index contributed by atoms with van der Waals surface area (Å²) >= 11 is 7.66. The van der Waals surface area contributed by atoms with Gasteiger partial charge in [0.25, 0.3) is 10.0 Å². The second-order valence-corrected chi connectivity index (χ2v) is 10.1. The molecule has 4 rings (SSSR count). The van der Waals surface area contributed by atoms with Gasteiger partial charge in [-0.25, -0.2) is 13.4 Å². The summed E-state index contributed by atoms with van der Waals surface area (Å²) in [6.07, 6.45) is 3.05. The summed E-state index contributed by atoms with van der Waals surface area (Å²) < 4.78 is 38.7. The molecule has 9 heteroatoms. The van der Waals surface area contributed by atoms with E-state index in [4.69, 9.17) is 21.1 Å². The molecule has 0 aliphatic carbocycles. The van der Waals surface area contributed by atoms with Crippen molar-refractivity contribution in [3.8, 4) is 0 Å². The Morgan fingerprint density at radius 1 is 1.46 bits per heavy atom. The Morgan fingerprint density at radius 2 is 2.27 bits per heavy atom. The monoisotopic (exact) mass is 414 g/mol. The Hall–Kier alpha value is -1.06. The molecule has 1 saturated heterocycles. The van der Waals surface area contributed by atoms with Gasteiger partial charge < -0.3 is 9.47 Å². The molecule has 1 fully saturated rings. The number of rotatable bonds is 5. The summed E-state index contributed by atoms with van der Waals surface area (Å²) in [4.78, 5) is 4.28. The highest BCUT2D eigenvalue weighted by Gasteiger charge is 2.51. The highest BCUT2D eigenvalue weighted by molar-refractivity contribution is 8.02. The van der Waals surface area contributed by atoms with E-state index in [0.29, 0.717) is 29.6 Å². The number of thioether (sulfide) groups is 1. The maximum atomic E-state index is 13.0. The zero-order valence-electron chi connectivity index (χ0n) is 14.2. The molecule has 26 heavy (non-hydrogen) atoms. The van der Waals surface area contributed by atoms with Crippen molar-refractivity contribution in [1.29, 1.82) is 0 Å². The van der Waals surface area contributed by atoms with Gasteiger partial charge >= 0.3 is 0 Å². The molecule has 2 unspecified atom stereocenters. The molecule has 0 spiro atoms. The third kappa shape index (κ3) is 3.41. The molecule has 2 atom stereocenters. The fourth-order valence-electron chi connectivity index (χ4n) is 3.19. The molecule has 140 valence electrons. The fraction of sp³-hybridized carbons (Fsp3) is 0.471. The van der Waals surface area contributed by atoms with Gasteiger partial charge in [-0.3, -0.25) is 0 Å². The number of halogens is 1. The van der Waals surface area contributed by atoms with E-state index in [1.54, 1.807) is 37.0 Å². The third-order valence-corrected chi connectivity index (χ3v) is 7.83. The van der Waals surface area contributed by atoms with Crippen molar-refractivity contribution >= 4 is 33.4 Å². The van der Waals surface area contributed by atoms with Gasteiger partial charge in [0, 0.05) is 19.2 Å². The molecular formula is C17H19ClN2O4S2. The van der Waals surface area contributed by atoms with E-state index in [2.05, 4.69) is 4.98 Å². The van der Waals surface area contributed by atoms with E-state index < -0.39 is 21.1 Å². The minimum absolute atomic E-state index is 0.181. The molecule has 1 aromatic heterocycles. The van der Waals surface area contributed by atoms with Gasteiger partial charge in [-0.2, -0.15) is 4.31 Å². The van der Waals surface area contributed by atoms with Crippen LogP contribution in [0.5, 0.6) is 0 Å². The Morgan fingerprint density at radius 3 is 3.00 bits per heavy atom. The number of likely N-dealkylation sites (N-methyl/N-ethyl adjacent to an activating group) is 1. The van der Waals surface area contributed by atoms with Crippen molar-refractivity contribution < 1.29 is 17.9 Å². The number of ether oxygens (including phenoxy) is 2. The predicted octanol–water partition coefficient (Wildman–Crippen LogP) is 2.87. The van der Waals surface area contributed by atoms with Crippen LogP contribution in [-0.2, 0) is 25.1 Å². The van der Waals surface area contributed by atoms with E-state index in [0.717, 1.165) is 12.2 Å². The van der Waals surface area contributed by atoms with E-state index in [1.165, 1.54) is 9.88 Å². The second kappa shape index (κ2) is 6.83. The van der Waals surface area contributed by atoms with Crippen LogP contribution in [0.2, 0.25) is 5.15 Å². The van der Waals surface area contributed by atoms with Gasteiger partial charge in [0.15, 0.2) is 0 Å². The van der Waals surface area contributed by atoms with Crippen molar-refractivity contribution in [1.82, 2.24) is 9.29 Å². The SMILES string of the molecule is CN(CC1(c2cccc(Cl)n2)CO1)S(=O)(=O)C1CCC2=C(C=CSC2)O1. The summed E-state index contributed by atoms with van der Waals surface area (Å²) in [5.74, 6) is 1.57. The lowest BCUT2D eigenvalue weighted by Gasteiger charge is -2.31. The third-order valence-electron chi connectivity index (χ3n) is 4.78. The molecule has 6 nitrogen and oxygen atoms in total. The first-order valence-corrected chi connectivity index (χ1v) is 11.2. The highest BCUT2D eigenvalue weighted by Crippen LogP contribution is 2.40. The van der Waals surface area contributed by atoms with Crippen LogP contribution in [0, 0.1) is 0 Å². The molecule has 0 aromatic carbocycles. The van der Waals surface area contributed by atoms with Gasteiger partial charge in [-0.1, -0.05) is 17.7 Å². The molecule has 0 radical (unpaired) electrons. The predicted molar refractivity (Wildman–Crippen MR) is 101 cm³/mol. The minimum atomic E-state index is -3.63. The minimum Gasteiger partial charge on any atom is -0.473 e. The zero-order chi connectivity index (χ0) is 18.4. The lowest BCUT2D eigenvalue weighted by molar-refractivity contribution is 0.152. The number of allylic oxidation sites excluding steroid dienone is 1. The van der Waals surface area contributed by atoms with Crippen LogP contribution in [0.3, 0.4) is 0 Å². The Bertz CT molecular complexity index is 881. The van der Waals surface area contributed by atoms with Crippen LogP contribution >= 0.6 is 23.4 Å². The zero-order valence-corrected chi connectivity index (χ0v) is 16.6. The van der Waals surface area contributed by atoms with Crippen LogP contribution in [0.1, 0.15) is 18.5 Å². The van der Waals surface area contributed by atoms with Gasteiger partial charge in [0.1, 0.15) is 16.5 Å². The number of pyridine rings is 1. The van der Waals surface area contributed by atoms with Crippen LogP contribution in [-0.4, -0.2) is 49.1 Å². The number of aromatic nitrogens is 1. The van der Waals surface area contributed by atoms with E-state index in [-0.39, 0.29) is 6.54 Å². The van der Waals surface area contributed by atoms with Crippen molar-refractivity contribution in [2.75, 3.05) is 26.0 Å². The molecule has 3 aliphatic rings. The Kier molecular flexibility index (Phi) is 4.81. The largest absolute Gasteiger partial charge is 0.473 e. The van der Waals surface area contributed by atoms with E-state index in [1.807, 2.05) is 11.5 Å². The first-order valence-electron chi connectivity index (χ1n) is 8.30. The van der Waals surface area contributed by atoms with Gasteiger partial charge in [-0.05, 0) is 35.6 Å².